The largest absolute Gasteiger partial charge is 0.420 e. The van der Waals surface area contributed by atoms with Gasteiger partial charge in [-0.2, -0.15) is 4.31 Å². The molecule has 0 bridgehead atoms. The quantitative estimate of drug-likeness (QED) is 0.550. The highest BCUT2D eigenvalue weighted by Crippen LogP contribution is 2.28. The molecule has 4 rings (SSSR count). The third-order valence-corrected chi connectivity index (χ3v) is 7.92. The molecule has 176 valence electrons. The van der Waals surface area contributed by atoms with Gasteiger partial charge in [-0.25, -0.2) is 13.2 Å². The molecule has 3 aromatic rings. The molecule has 1 aliphatic heterocycles. The number of nitrogens with zero attached hydrogens (tertiary/aromatic N) is 3. The van der Waals surface area contributed by atoms with Crippen LogP contribution in [0.5, 0.6) is 0 Å². The van der Waals surface area contributed by atoms with Gasteiger partial charge in [0.25, 0.3) is 0 Å². The van der Waals surface area contributed by atoms with Gasteiger partial charge in [0.15, 0.2) is 5.58 Å². The van der Waals surface area contributed by atoms with Crippen LogP contribution in [0, 0.1) is 11.8 Å². The standard InChI is InChI=1S/C24H29N3O5S/c1-4-26(19-8-6-5-7-9-19)23(28)16-27-21-11-10-20(13-22(21)32-24(27)29)33(30,31)25-14-17(2)12-18(3)15-25/h5-11,13,17-18H,4,12,14-16H2,1-3H3/t17-,18+. The van der Waals surface area contributed by atoms with Crippen molar-refractivity contribution in [2.75, 3.05) is 24.5 Å². The molecule has 0 saturated carbocycles. The van der Waals surface area contributed by atoms with Crippen LogP contribution in [0.4, 0.5) is 5.69 Å². The molecule has 0 N–H and O–H groups in total. The molecule has 0 aliphatic carbocycles. The Kier molecular flexibility index (Phi) is 6.45. The Hall–Kier alpha value is -2.91. The van der Waals surface area contributed by atoms with Crippen molar-refractivity contribution in [3.63, 3.8) is 0 Å². The fourth-order valence-electron chi connectivity index (χ4n) is 4.64. The lowest BCUT2D eigenvalue weighted by Crippen LogP contribution is -2.42. The summed E-state index contributed by atoms with van der Waals surface area (Å²) in [6.07, 6.45) is 0.995. The molecule has 2 heterocycles. The van der Waals surface area contributed by atoms with Crippen molar-refractivity contribution in [1.82, 2.24) is 8.87 Å². The maximum Gasteiger partial charge on any atom is 0.420 e. The Morgan fingerprint density at radius 1 is 1.09 bits per heavy atom. The van der Waals surface area contributed by atoms with Crippen LogP contribution in [0.25, 0.3) is 11.1 Å². The third-order valence-electron chi connectivity index (χ3n) is 6.09. The first-order valence-corrected chi connectivity index (χ1v) is 12.6. The van der Waals surface area contributed by atoms with Gasteiger partial charge in [-0.3, -0.25) is 9.36 Å². The van der Waals surface area contributed by atoms with Gasteiger partial charge in [0, 0.05) is 31.4 Å². The van der Waals surface area contributed by atoms with E-state index in [1.807, 2.05) is 51.1 Å². The Balaban J connectivity index is 1.63. The highest BCUT2D eigenvalue weighted by molar-refractivity contribution is 7.89. The summed E-state index contributed by atoms with van der Waals surface area (Å²) >= 11 is 0. The van der Waals surface area contributed by atoms with Gasteiger partial charge in [-0.05, 0) is 49.4 Å². The molecule has 2 atom stereocenters. The zero-order valence-electron chi connectivity index (χ0n) is 19.1. The second kappa shape index (κ2) is 9.15. The summed E-state index contributed by atoms with van der Waals surface area (Å²) in [5, 5.41) is 0. The van der Waals surface area contributed by atoms with Crippen LogP contribution in [0.1, 0.15) is 27.2 Å². The normalized spacial score (nSPS) is 19.6. The summed E-state index contributed by atoms with van der Waals surface area (Å²) < 4.78 is 34.5. The first-order chi connectivity index (χ1) is 15.7. The zero-order valence-corrected chi connectivity index (χ0v) is 19.9. The molecule has 0 radical (unpaired) electrons. The molecule has 0 spiro atoms. The van der Waals surface area contributed by atoms with E-state index in [4.69, 9.17) is 4.42 Å². The fourth-order valence-corrected chi connectivity index (χ4v) is 6.34. The minimum absolute atomic E-state index is 0.0861. The van der Waals surface area contributed by atoms with E-state index < -0.39 is 15.8 Å². The average Bonchev–Trinajstić information content (AvgIpc) is 3.08. The number of anilines is 1. The van der Waals surface area contributed by atoms with E-state index in [1.165, 1.54) is 27.1 Å². The second-order valence-corrected chi connectivity index (χ2v) is 10.8. The number of oxazole rings is 1. The molecule has 33 heavy (non-hydrogen) atoms. The van der Waals surface area contributed by atoms with Crippen molar-refractivity contribution in [2.24, 2.45) is 11.8 Å². The van der Waals surface area contributed by atoms with Gasteiger partial charge in [0.1, 0.15) is 6.54 Å². The number of carbonyl (C=O) groups is 1. The van der Waals surface area contributed by atoms with Crippen LogP contribution in [0.2, 0.25) is 0 Å². The predicted octanol–water partition coefficient (Wildman–Crippen LogP) is 3.31. The van der Waals surface area contributed by atoms with E-state index in [-0.39, 0.29) is 34.8 Å². The van der Waals surface area contributed by atoms with Gasteiger partial charge in [0.05, 0.1) is 10.4 Å². The van der Waals surface area contributed by atoms with Crippen molar-refractivity contribution in [3.05, 3.63) is 59.1 Å². The van der Waals surface area contributed by atoms with Crippen LogP contribution in [0.15, 0.2) is 62.6 Å². The van der Waals surface area contributed by atoms with Crippen LogP contribution in [-0.2, 0) is 21.4 Å². The highest BCUT2D eigenvalue weighted by atomic mass is 32.2. The van der Waals surface area contributed by atoms with Gasteiger partial charge < -0.3 is 9.32 Å². The maximum atomic E-state index is 13.2. The van der Waals surface area contributed by atoms with Crippen molar-refractivity contribution >= 4 is 32.7 Å². The lowest BCUT2D eigenvalue weighted by molar-refractivity contribution is -0.119. The maximum absolute atomic E-state index is 13.2. The Labute approximate surface area is 193 Å². The summed E-state index contributed by atoms with van der Waals surface area (Å²) in [5.74, 6) is -0.398. The number of hydrogen-bond donors (Lipinski definition) is 0. The number of hydrogen-bond acceptors (Lipinski definition) is 5. The minimum Gasteiger partial charge on any atom is -0.408 e. The number of amides is 1. The number of para-hydroxylation sites is 1. The Bertz CT molecular complexity index is 1300. The monoisotopic (exact) mass is 471 g/mol. The Morgan fingerprint density at radius 3 is 2.39 bits per heavy atom. The van der Waals surface area contributed by atoms with Gasteiger partial charge >= 0.3 is 5.76 Å². The second-order valence-electron chi connectivity index (χ2n) is 8.83. The van der Waals surface area contributed by atoms with Crippen molar-refractivity contribution in [1.29, 1.82) is 0 Å². The fraction of sp³-hybridized carbons (Fsp3) is 0.417. The highest BCUT2D eigenvalue weighted by Gasteiger charge is 2.32. The van der Waals surface area contributed by atoms with E-state index >= 15 is 0 Å². The molecule has 0 unspecified atom stereocenters. The molecule has 1 aliphatic rings. The van der Waals surface area contributed by atoms with Crippen LogP contribution < -0.4 is 10.7 Å². The van der Waals surface area contributed by atoms with Crippen LogP contribution in [-0.4, -0.2) is 42.8 Å². The number of carbonyl (C=O) groups excluding carboxylic acids is 1. The van der Waals surface area contributed by atoms with E-state index in [0.29, 0.717) is 25.2 Å². The van der Waals surface area contributed by atoms with Gasteiger partial charge in [0.2, 0.25) is 15.9 Å². The zero-order chi connectivity index (χ0) is 23.8. The lowest BCUT2D eigenvalue weighted by atomic mass is 9.94. The summed E-state index contributed by atoms with van der Waals surface area (Å²) in [5.41, 5.74) is 1.27. The summed E-state index contributed by atoms with van der Waals surface area (Å²) in [4.78, 5) is 27.2. The number of sulfonamides is 1. The number of likely N-dealkylation sites (N-methyl/N-ethyl adjacent to an activating group) is 1. The van der Waals surface area contributed by atoms with E-state index in [1.54, 1.807) is 4.90 Å². The van der Waals surface area contributed by atoms with Crippen LogP contribution >= 0.6 is 0 Å². The SMILES string of the molecule is CCN(C(=O)Cn1c(=O)oc2cc(S(=O)(=O)N3C[C@H](C)C[C@H](C)C3)ccc21)c1ccccc1. The molecule has 8 nitrogen and oxygen atoms in total. The average molecular weight is 472 g/mol. The van der Waals surface area contributed by atoms with Crippen molar-refractivity contribution in [2.45, 2.75) is 38.6 Å². The number of rotatable bonds is 6. The van der Waals surface area contributed by atoms with Crippen LogP contribution in [0.3, 0.4) is 0 Å². The first kappa shape index (κ1) is 23.3. The summed E-state index contributed by atoms with van der Waals surface area (Å²) in [7, 11) is -3.71. The predicted molar refractivity (Wildman–Crippen MR) is 127 cm³/mol. The molecule has 1 fully saturated rings. The molecule has 9 heteroatoms. The molecule has 1 aromatic heterocycles. The number of aromatic nitrogens is 1. The summed E-state index contributed by atoms with van der Waals surface area (Å²) in [6.45, 7) is 7.14. The van der Waals surface area contributed by atoms with E-state index in [2.05, 4.69) is 0 Å². The topological polar surface area (TPSA) is 92.8 Å². The molecular formula is C24H29N3O5S. The van der Waals surface area contributed by atoms with E-state index in [0.717, 1.165) is 12.1 Å². The summed E-state index contributed by atoms with van der Waals surface area (Å²) in [6, 6.07) is 13.6. The van der Waals surface area contributed by atoms with E-state index in [9.17, 15) is 18.0 Å². The van der Waals surface area contributed by atoms with Crippen molar-refractivity contribution < 1.29 is 17.6 Å². The molecular weight excluding hydrogens is 442 g/mol. The smallest absolute Gasteiger partial charge is 0.408 e. The first-order valence-electron chi connectivity index (χ1n) is 11.2. The third kappa shape index (κ3) is 4.60. The van der Waals surface area contributed by atoms with Gasteiger partial charge in [-0.1, -0.05) is 32.0 Å². The minimum atomic E-state index is -3.71. The number of piperidine rings is 1. The molecule has 2 aromatic carbocycles. The van der Waals surface area contributed by atoms with Gasteiger partial charge in [-0.15, -0.1) is 0 Å². The molecule has 1 amide bonds. The lowest BCUT2D eigenvalue weighted by Gasteiger charge is -2.34. The number of fused-ring (bicyclic) bond motifs is 1. The number of benzene rings is 2. The molecule has 1 saturated heterocycles. The Morgan fingerprint density at radius 2 is 1.76 bits per heavy atom. The van der Waals surface area contributed by atoms with Crippen molar-refractivity contribution in [3.8, 4) is 0 Å².